The van der Waals surface area contributed by atoms with Crippen molar-refractivity contribution in [2.75, 3.05) is 11.9 Å². The maximum Gasteiger partial charge on any atom is 0.227 e. The minimum absolute atomic E-state index is 0.103. The molecule has 0 saturated heterocycles. The fraction of sp³-hybridized carbons (Fsp3) is 0.533. The summed E-state index contributed by atoms with van der Waals surface area (Å²) in [7, 11) is 0. The zero-order valence-corrected chi connectivity index (χ0v) is 11.4. The lowest BCUT2D eigenvalue weighted by Gasteiger charge is -2.25. The van der Waals surface area contributed by atoms with Gasteiger partial charge in [0.1, 0.15) is 5.75 Å². The predicted molar refractivity (Wildman–Crippen MR) is 76.2 cm³/mol. The van der Waals surface area contributed by atoms with Crippen LogP contribution in [-0.2, 0) is 4.79 Å². The Hall–Kier alpha value is -1.55. The first-order chi connectivity index (χ1) is 9.19. The van der Waals surface area contributed by atoms with E-state index in [-0.39, 0.29) is 17.9 Å². The monoisotopic (exact) mass is 262 g/mol. The van der Waals surface area contributed by atoms with Gasteiger partial charge in [0.15, 0.2) is 0 Å². The molecular formula is C15H22N2O2. The molecule has 0 bridgehead atoms. The van der Waals surface area contributed by atoms with E-state index in [4.69, 9.17) is 10.5 Å². The molecule has 4 heteroatoms. The van der Waals surface area contributed by atoms with Crippen LogP contribution in [0.2, 0.25) is 0 Å². The van der Waals surface area contributed by atoms with Crippen LogP contribution in [0.15, 0.2) is 24.3 Å². The Balaban J connectivity index is 1.88. The van der Waals surface area contributed by atoms with Crippen molar-refractivity contribution in [3.05, 3.63) is 24.3 Å². The van der Waals surface area contributed by atoms with Crippen LogP contribution in [0.3, 0.4) is 0 Å². The highest BCUT2D eigenvalue weighted by atomic mass is 16.5. The minimum atomic E-state index is 0.103. The zero-order chi connectivity index (χ0) is 13.7. The Morgan fingerprint density at radius 3 is 2.47 bits per heavy atom. The first-order valence-electron chi connectivity index (χ1n) is 6.98. The van der Waals surface area contributed by atoms with Gasteiger partial charge in [0, 0.05) is 17.6 Å². The Morgan fingerprint density at radius 1 is 1.26 bits per heavy atom. The van der Waals surface area contributed by atoms with Gasteiger partial charge in [-0.2, -0.15) is 0 Å². The molecule has 1 aromatic rings. The van der Waals surface area contributed by atoms with Crippen LogP contribution < -0.4 is 15.8 Å². The lowest BCUT2D eigenvalue weighted by atomic mass is 9.86. The van der Waals surface area contributed by atoms with Crippen molar-refractivity contribution in [3.63, 3.8) is 0 Å². The maximum atomic E-state index is 12.1. The standard InChI is InChI=1S/C15H22N2O2/c1-2-19-14-9-7-13(8-10-14)17-15(18)11-3-5-12(16)6-4-11/h7-12H,2-6,16H2,1H3,(H,17,18). The van der Waals surface area contributed by atoms with Gasteiger partial charge >= 0.3 is 0 Å². The van der Waals surface area contributed by atoms with Crippen LogP contribution >= 0.6 is 0 Å². The van der Waals surface area contributed by atoms with Crippen molar-refractivity contribution in [1.82, 2.24) is 0 Å². The molecule has 1 aliphatic rings. The topological polar surface area (TPSA) is 64.3 Å². The van der Waals surface area contributed by atoms with Gasteiger partial charge in [0.05, 0.1) is 6.61 Å². The number of benzene rings is 1. The number of ether oxygens (including phenoxy) is 1. The Kier molecular flexibility index (Phi) is 4.80. The second-order valence-corrected chi connectivity index (χ2v) is 5.06. The SMILES string of the molecule is CCOc1ccc(NC(=O)C2CCC(N)CC2)cc1. The molecule has 1 aromatic carbocycles. The molecular weight excluding hydrogens is 240 g/mol. The number of nitrogens with two attached hydrogens (primary N) is 1. The summed E-state index contributed by atoms with van der Waals surface area (Å²) in [4.78, 5) is 12.1. The van der Waals surface area contributed by atoms with Crippen molar-refractivity contribution in [2.24, 2.45) is 11.7 Å². The highest BCUT2D eigenvalue weighted by molar-refractivity contribution is 5.92. The van der Waals surface area contributed by atoms with Gasteiger partial charge in [0.2, 0.25) is 5.91 Å². The van der Waals surface area contributed by atoms with Crippen LogP contribution in [0.1, 0.15) is 32.6 Å². The summed E-state index contributed by atoms with van der Waals surface area (Å²) in [5, 5.41) is 2.96. The average Bonchev–Trinajstić information content (AvgIpc) is 2.42. The Labute approximate surface area is 114 Å². The van der Waals surface area contributed by atoms with E-state index in [9.17, 15) is 4.79 Å². The van der Waals surface area contributed by atoms with Crippen molar-refractivity contribution in [2.45, 2.75) is 38.6 Å². The third-order valence-corrected chi connectivity index (χ3v) is 3.58. The molecule has 0 atom stereocenters. The molecule has 4 nitrogen and oxygen atoms in total. The minimum Gasteiger partial charge on any atom is -0.494 e. The van der Waals surface area contributed by atoms with Crippen LogP contribution in [0.4, 0.5) is 5.69 Å². The molecule has 0 spiro atoms. The van der Waals surface area contributed by atoms with Gasteiger partial charge in [0.25, 0.3) is 0 Å². The number of anilines is 1. The number of amides is 1. The third kappa shape index (κ3) is 3.96. The molecule has 19 heavy (non-hydrogen) atoms. The molecule has 1 fully saturated rings. The third-order valence-electron chi connectivity index (χ3n) is 3.58. The first-order valence-corrected chi connectivity index (χ1v) is 6.98. The summed E-state index contributed by atoms with van der Waals surface area (Å²) >= 11 is 0. The van der Waals surface area contributed by atoms with Crippen LogP contribution in [0.25, 0.3) is 0 Å². The van der Waals surface area contributed by atoms with Crippen LogP contribution in [-0.4, -0.2) is 18.6 Å². The fourth-order valence-electron chi connectivity index (χ4n) is 2.43. The van der Waals surface area contributed by atoms with Gasteiger partial charge in [-0.3, -0.25) is 4.79 Å². The molecule has 3 N–H and O–H groups in total. The predicted octanol–water partition coefficient (Wildman–Crippen LogP) is 2.54. The van der Waals surface area contributed by atoms with Crippen LogP contribution in [0.5, 0.6) is 5.75 Å². The number of hydrogen-bond donors (Lipinski definition) is 2. The van der Waals surface area contributed by atoms with E-state index in [2.05, 4.69) is 5.32 Å². The zero-order valence-electron chi connectivity index (χ0n) is 11.4. The van der Waals surface area contributed by atoms with Crippen LogP contribution in [0, 0.1) is 5.92 Å². The molecule has 2 rings (SSSR count). The summed E-state index contributed by atoms with van der Waals surface area (Å²) in [6.45, 7) is 2.59. The summed E-state index contributed by atoms with van der Waals surface area (Å²) in [6, 6.07) is 7.76. The van der Waals surface area contributed by atoms with E-state index in [1.165, 1.54) is 0 Å². The van der Waals surface area contributed by atoms with Gasteiger partial charge < -0.3 is 15.8 Å². The van der Waals surface area contributed by atoms with Crippen molar-refractivity contribution >= 4 is 11.6 Å². The van der Waals surface area contributed by atoms with Gasteiger partial charge in [-0.1, -0.05) is 0 Å². The molecule has 1 amide bonds. The maximum absolute atomic E-state index is 12.1. The summed E-state index contributed by atoms with van der Waals surface area (Å²) in [5.74, 6) is 1.03. The largest absolute Gasteiger partial charge is 0.494 e. The number of carbonyl (C=O) groups is 1. The Bertz CT molecular complexity index is 409. The van der Waals surface area contributed by atoms with Crippen molar-refractivity contribution < 1.29 is 9.53 Å². The van der Waals surface area contributed by atoms with Gasteiger partial charge in [-0.25, -0.2) is 0 Å². The number of nitrogens with one attached hydrogen (secondary N) is 1. The van der Waals surface area contributed by atoms with Crippen molar-refractivity contribution in [1.29, 1.82) is 0 Å². The molecule has 0 aliphatic heterocycles. The molecule has 1 saturated carbocycles. The molecule has 0 aromatic heterocycles. The molecule has 0 heterocycles. The van der Waals surface area contributed by atoms with Crippen molar-refractivity contribution in [3.8, 4) is 5.75 Å². The average molecular weight is 262 g/mol. The highest BCUT2D eigenvalue weighted by Crippen LogP contribution is 2.25. The fourth-order valence-corrected chi connectivity index (χ4v) is 2.43. The van der Waals surface area contributed by atoms with E-state index in [1.54, 1.807) is 0 Å². The van der Waals surface area contributed by atoms with E-state index in [0.29, 0.717) is 6.61 Å². The smallest absolute Gasteiger partial charge is 0.227 e. The lowest BCUT2D eigenvalue weighted by molar-refractivity contribution is -0.120. The summed E-state index contributed by atoms with van der Waals surface area (Å²) in [6.07, 6.45) is 3.68. The number of hydrogen-bond acceptors (Lipinski definition) is 3. The number of rotatable bonds is 4. The molecule has 0 unspecified atom stereocenters. The Morgan fingerprint density at radius 2 is 1.89 bits per heavy atom. The highest BCUT2D eigenvalue weighted by Gasteiger charge is 2.24. The quantitative estimate of drug-likeness (QED) is 0.876. The normalized spacial score (nSPS) is 22.8. The number of carbonyl (C=O) groups excluding carboxylic acids is 1. The summed E-state index contributed by atoms with van der Waals surface area (Å²) < 4.78 is 5.37. The van der Waals surface area contributed by atoms with E-state index < -0.39 is 0 Å². The van der Waals surface area contributed by atoms with Gasteiger partial charge in [-0.15, -0.1) is 0 Å². The van der Waals surface area contributed by atoms with E-state index in [0.717, 1.165) is 37.1 Å². The second-order valence-electron chi connectivity index (χ2n) is 5.06. The molecule has 1 aliphatic carbocycles. The molecule has 104 valence electrons. The molecule has 0 radical (unpaired) electrons. The first kappa shape index (κ1) is 13.9. The van der Waals surface area contributed by atoms with E-state index in [1.807, 2.05) is 31.2 Å². The second kappa shape index (κ2) is 6.57. The summed E-state index contributed by atoms with van der Waals surface area (Å²) in [5.41, 5.74) is 6.67. The van der Waals surface area contributed by atoms with Gasteiger partial charge in [-0.05, 0) is 56.9 Å². The lowest BCUT2D eigenvalue weighted by Crippen LogP contribution is -2.32. The van der Waals surface area contributed by atoms with E-state index >= 15 is 0 Å².